The summed E-state index contributed by atoms with van der Waals surface area (Å²) >= 11 is 0. The molecule has 0 spiro atoms. The van der Waals surface area contributed by atoms with Gasteiger partial charge in [-0.25, -0.2) is 0 Å². The predicted molar refractivity (Wildman–Crippen MR) is 129 cm³/mol. The minimum Gasteiger partial charge on any atom is -0.497 e. The van der Waals surface area contributed by atoms with E-state index < -0.39 is 0 Å². The van der Waals surface area contributed by atoms with E-state index in [4.69, 9.17) is 4.74 Å². The van der Waals surface area contributed by atoms with E-state index in [1.54, 1.807) is 7.11 Å². The molecule has 2 aromatic rings. The van der Waals surface area contributed by atoms with E-state index in [1.807, 2.05) is 13.1 Å². The van der Waals surface area contributed by atoms with Gasteiger partial charge < -0.3 is 20.3 Å². The Kier molecular flexibility index (Phi) is 8.74. The first kappa shape index (κ1) is 23.1. The van der Waals surface area contributed by atoms with Crippen molar-refractivity contribution in [1.82, 2.24) is 20.4 Å². The van der Waals surface area contributed by atoms with Gasteiger partial charge in [0.15, 0.2) is 5.96 Å². The van der Waals surface area contributed by atoms with Gasteiger partial charge >= 0.3 is 0 Å². The van der Waals surface area contributed by atoms with Crippen molar-refractivity contribution in [3.05, 3.63) is 65.2 Å². The van der Waals surface area contributed by atoms with Crippen LogP contribution < -0.4 is 15.4 Å². The molecule has 168 valence electrons. The zero-order valence-electron chi connectivity index (χ0n) is 19.4. The van der Waals surface area contributed by atoms with E-state index in [0.29, 0.717) is 6.04 Å². The number of hydrogen-bond donors (Lipinski definition) is 2. The van der Waals surface area contributed by atoms with Crippen molar-refractivity contribution in [3.63, 3.8) is 0 Å². The van der Waals surface area contributed by atoms with E-state index in [2.05, 4.69) is 82.0 Å². The molecule has 2 N–H and O–H groups in total. The molecule has 1 aliphatic heterocycles. The quantitative estimate of drug-likeness (QED) is 0.479. The maximum Gasteiger partial charge on any atom is 0.191 e. The molecule has 6 nitrogen and oxygen atoms in total. The Bertz CT molecular complexity index is 828. The van der Waals surface area contributed by atoms with Crippen LogP contribution >= 0.6 is 0 Å². The molecule has 0 aliphatic carbocycles. The third-order valence-electron chi connectivity index (χ3n) is 5.73. The van der Waals surface area contributed by atoms with Crippen molar-refractivity contribution in [2.45, 2.75) is 32.0 Å². The summed E-state index contributed by atoms with van der Waals surface area (Å²) < 4.78 is 5.45. The minimum absolute atomic E-state index is 0.293. The fraction of sp³-hybridized carbons (Fsp3) is 0.480. The van der Waals surface area contributed by atoms with Crippen molar-refractivity contribution in [3.8, 4) is 5.75 Å². The molecule has 2 aromatic carbocycles. The monoisotopic (exact) mass is 423 g/mol. The Hall–Kier alpha value is -2.57. The summed E-state index contributed by atoms with van der Waals surface area (Å²) in [7, 11) is 7.73. The van der Waals surface area contributed by atoms with Crippen LogP contribution in [-0.2, 0) is 13.1 Å². The number of likely N-dealkylation sites (tertiary alicyclic amines) is 1. The third kappa shape index (κ3) is 6.97. The Morgan fingerprint density at radius 1 is 1.06 bits per heavy atom. The smallest absolute Gasteiger partial charge is 0.191 e. The average Bonchev–Trinajstić information content (AvgIpc) is 3.31. The molecule has 0 radical (unpaired) electrons. The topological polar surface area (TPSA) is 52.1 Å². The summed E-state index contributed by atoms with van der Waals surface area (Å²) in [5.74, 6) is 1.73. The lowest BCUT2D eigenvalue weighted by atomic mass is 10.1. The lowest BCUT2D eigenvalue weighted by Gasteiger charge is -2.29. The SMILES string of the molecule is CN=C(NCc1ccc(CN(C)C)cc1)NCC(c1cccc(OC)c1)N1CCCC1. The highest BCUT2D eigenvalue weighted by Gasteiger charge is 2.24. The van der Waals surface area contributed by atoms with Gasteiger partial charge in [-0.05, 0) is 68.8 Å². The fourth-order valence-electron chi connectivity index (χ4n) is 4.09. The summed E-state index contributed by atoms with van der Waals surface area (Å²) in [4.78, 5) is 9.16. The highest BCUT2D eigenvalue weighted by Crippen LogP contribution is 2.27. The van der Waals surface area contributed by atoms with Crippen molar-refractivity contribution < 1.29 is 4.74 Å². The van der Waals surface area contributed by atoms with Crippen molar-refractivity contribution in [2.24, 2.45) is 4.99 Å². The molecule has 3 rings (SSSR count). The number of guanidine groups is 1. The second-order valence-corrected chi connectivity index (χ2v) is 8.40. The van der Waals surface area contributed by atoms with Crippen LogP contribution in [0.3, 0.4) is 0 Å². The minimum atomic E-state index is 0.293. The molecule has 1 saturated heterocycles. The largest absolute Gasteiger partial charge is 0.497 e. The predicted octanol–water partition coefficient (Wildman–Crippen LogP) is 3.26. The lowest BCUT2D eigenvalue weighted by molar-refractivity contribution is 0.245. The molecule has 6 heteroatoms. The van der Waals surface area contributed by atoms with Crippen LogP contribution in [0.5, 0.6) is 5.75 Å². The van der Waals surface area contributed by atoms with E-state index >= 15 is 0 Å². The van der Waals surface area contributed by atoms with Gasteiger partial charge in [0.05, 0.1) is 13.2 Å². The summed E-state index contributed by atoms with van der Waals surface area (Å²) in [6.07, 6.45) is 2.52. The van der Waals surface area contributed by atoms with Crippen LogP contribution in [0.25, 0.3) is 0 Å². The summed E-state index contributed by atoms with van der Waals surface area (Å²) in [6, 6.07) is 17.5. The van der Waals surface area contributed by atoms with Crippen LogP contribution in [0.1, 0.15) is 35.6 Å². The fourth-order valence-corrected chi connectivity index (χ4v) is 4.09. The van der Waals surface area contributed by atoms with Gasteiger partial charge in [-0.3, -0.25) is 9.89 Å². The third-order valence-corrected chi connectivity index (χ3v) is 5.73. The normalized spacial score (nSPS) is 15.8. The van der Waals surface area contributed by atoms with Gasteiger partial charge in [0, 0.05) is 26.7 Å². The zero-order chi connectivity index (χ0) is 22.1. The molecule has 1 fully saturated rings. The Morgan fingerprint density at radius 2 is 1.77 bits per heavy atom. The van der Waals surface area contributed by atoms with Crippen molar-refractivity contribution >= 4 is 5.96 Å². The van der Waals surface area contributed by atoms with Gasteiger partial charge in [-0.1, -0.05) is 36.4 Å². The average molecular weight is 424 g/mol. The first-order valence-corrected chi connectivity index (χ1v) is 11.1. The second kappa shape index (κ2) is 11.7. The highest BCUT2D eigenvalue weighted by molar-refractivity contribution is 5.79. The first-order chi connectivity index (χ1) is 15.1. The standard InChI is InChI=1S/C25H37N5O/c1-26-25(27-17-20-10-12-21(13-11-20)19-29(2)3)28-18-24(30-14-5-6-15-30)22-8-7-9-23(16-22)31-4/h7-13,16,24H,5-6,14-15,17-19H2,1-4H3,(H2,26,27,28). The number of hydrogen-bond acceptors (Lipinski definition) is 4. The van der Waals surface area contributed by atoms with Crippen LogP contribution in [0.2, 0.25) is 0 Å². The number of ether oxygens (including phenoxy) is 1. The molecule has 1 heterocycles. The van der Waals surface area contributed by atoms with Gasteiger partial charge in [0.25, 0.3) is 0 Å². The van der Waals surface area contributed by atoms with Crippen LogP contribution in [0, 0.1) is 0 Å². The summed E-state index contributed by atoms with van der Waals surface area (Å²) in [5.41, 5.74) is 3.85. The molecule has 0 amide bonds. The Morgan fingerprint density at radius 3 is 2.42 bits per heavy atom. The molecule has 1 unspecified atom stereocenters. The number of nitrogens with one attached hydrogen (secondary N) is 2. The van der Waals surface area contributed by atoms with Gasteiger partial charge in [0.2, 0.25) is 0 Å². The van der Waals surface area contributed by atoms with Crippen LogP contribution in [0.15, 0.2) is 53.5 Å². The van der Waals surface area contributed by atoms with E-state index in [1.165, 1.54) is 29.5 Å². The second-order valence-electron chi connectivity index (χ2n) is 8.40. The molecular formula is C25H37N5O. The molecule has 1 aliphatic rings. The van der Waals surface area contributed by atoms with Gasteiger partial charge in [-0.2, -0.15) is 0 Å². The maximum atomic E-state index is 5.45. The number of methoxy groups -OCH3 is 1. The van der Waals surface area contributed by atoms with E-state index in [0.717, 1.165) is 44.4 Å². The van der Waals surface area contributed by atoms with E-state index in [9.17, 15) is 0 Å². The number of nitrogens with zero attached hydrogens (tertiary/aromatic N) is 3. The molecule has 0 bridgehead atoms. The Labute approximate surface area is 187 Å². The van der Waals surface area contributed by atoms with Crippen LogP contribution in [0.4, 0.5) is 0 Å². The van der Waals surface area contributed by atoms with Crippen LogP contribution in [-0.4, -0.2) is 63.6 Å². The maximum absolute atomic E-state index is 5.45. The number of rotatable bonds is 9. The van der Waals surface area contributed by atoms with Crippen molar-refractivity contribution in [2.75, 3.05) is 47.9 Å². The van der Waals surface area contributed by atoms with E-state index in [-0.39, 0.29) is 0 Å². The number of aliphatic imine (C=N–C) groups is 1. The van der Waals surface area contributed by atoms with Gasteiger partial charge in [-0.15, -0.1) is 0 Å². The number of benzene rings is 2. The molecule has 0 saturated carbocycles. The lowest BCUT2D eigenvalue weighted by Crippen LogP contribution is -2.42. The van der Waals surface area contributed by atoms with Crippen molar-refractivity contribution in [1.29, 1.82) is 0 Å². The molecule has 1 atom stereocenters. The Balaban J connectivity index is 1.59. The molecule has 0 aromatic heterocycles. The zero-order valence-corrected chi connectivity index (χ0v) is 19.4. The molecular weight excluding hydrogens is 386 g/mol. The molecule has 31 heavy (non-hydrogen) atoms. The first-order valence-electron chi connectivity index (χ1n) is 11.1. The summed E-state index contributed by atoms with van der Waals surface area (Å²) in [6.45, 7) is 4.77. The summed E-state index contributed by atoms with van der Waals surface area (Å²) in [5, 5.41) is 6.99. The highest BCUT2D eigenvalue weighted by atomic mass is 16.5. The van der Waals surface area contributed by atoms with Gasteiger partial charge in [0.1, 0.15) is 5.75 Å².